The summed E-state index contributed by atoms with van der Waals surface area (Å²) in [5.41, 5.74) is 0. The van der Waals surface area contributed by atoms with E-state index in [9.17, 15) is 9.59 Å². The van der Waals surface area contributed by atoms with Crippen molar-refractivity contribution in [1.29, 1.82) is 0 Å². The number of anilines is 1. The second-order valence-corrected chi connectivity index (χ2v) is 8.63. The van der Waals surface area contributed by atoms with Gasteiger partial charge in [0.1, 0.15) is 0 Å². The van der Waals surface area contributed by atoms with E-state index in [2.05, 4.69) is 20.4 Å². The molecule has 9 heteroatoms. The Balaban J connectivity index is 1.45. The number of piperazine rings is 1. The van der Waals surface area contributed by atoms with Crippen LogP contribution in [-0.4, -0.2) is 64.9 Å². The zero-order valence-corrected chi connectivity index (χ0v) is 15.7. The van der Waals surface area contributed by atoms with Crippen LogP contribution in [0.2, 0.25) is 0 Å². The molecule has 0 atom stereocenters. The van der Waals surface area contributed by atoms with Gasteiger partial charge in [-0.1, -0.05) is 23.1 Å². The molecule has 0 unspecified atom stereocenters. The number of hydrogen-bond acceptors (Lipinski definition) is 7. The maximum absolute atomic E-state index is 12.1. The second-order valence-electron chi connectivity index (χ2n) is 6.45. The molecule has 1 N–H and O–H groups in total. The van der Waals surface area contributed by atoms with Crippen molar-refractivity contribution in [2.75, 3.05) is 36.8 Å². The summed E-state index contributed by atoms with van der Waals surface area (Å²) in [4.78, 5) is 27.9. The van der Waals surface area contributed by atoms with Crippen molar-refractivity contribution in [2.24, 2.45) is 5.92 Å². The van der Waals surface area contributed by atoms with Crippen LogP contribution in [0.4, 0.5) is 5.13 Å². The van der Waals surface area contributed by atoms with E-state index in [1.165, 1.54) is 23.1 Å². The van der Waals surface area contributed by atoms with E-state index in [1.807, 2.05) is 18.7 Å². The molecule has 0 spiro atoms. The average molecular weight is 370 g/mol. The summed E-state index contributed by atoms with van der Waals surface area (Å²) in [7, 11) is 0. The van der Waals surface area contributed by atoms with Crippen molar-refractivity contribution in [3.05, 3.63) is 0 Å². The number of nitrogens with zero attached hydrogens (tertiary/aromatic N) is 4. The minimum atomic E-state index is 0.0129. The fraction of sp³-hybridized carbons (Fsp3) is 0.733. The normalized spacial score (nSPS) is 18.1. The molecular weight excluding hydrogens is 346 g/mol. The van der Waals surface area contributed by atoms with Gasteiger partial charge in [-0.3, -0.25) is 9.59 Å². The van der Waals surface area contributed by atoms with Gasteiger partial charge >= 0.3 is 0 Å². The van der Waals surface area contributed by atoms with Gasteiger partial charge in [0.25, 0.3) is 0 Å². The fourth-order valence-electron chi connectivity index (χ4n) is 2.59. The first-order valence-corrected chi connectivity index (χ1v) is 10.1. The number of carbonyl (C=O) groups excluding carboxylic acids is 2. The SMILES string of the molecule is CC(C)NC(=O)CSc1nnc(N2CCN(C(=O)C3CC3)CC2)s1. The van der Waals surface area contributed by atoms with E-state index in [-0.39, 0.29) is 17.9 Å². The highest BCUT2D eigenvalue weighted by atomic mass is 32.2. The highest BCUT2D eigenvalue weighted by molar-refractivity contribution is 8.01. The predicted molar refractivity (Wildman–Crippen MR) is 95.4 cm³/mol. The van der Waals surface area contributed by atoms with Crippen LogP contribution in [0.3, 0.4) is 0 Å². The van der Waals surface area contributed by atoms with Crippen molar-refractivity contribution >= 4 is 40.0 Å². The number of nitrogens with one attached hydrogen (secondary N) is 1. The van der Waals surface area contributed by atoms with Gasteiger partial charge in [0.05, 0.1) is 5.75 Å². The minimum Gasteiger partial charge on any atom is -0.353 e. The van der Waals surface area contributed by atoms with Crippen molar-refractivity contribution < 1.29 is 9.59 Å². The molecule has 1 aliphatic carbocycles. The number of carbonyl (C=O) groups is 2. The summed E-state index contributed by atoms with van der Waals surface area (Å²) < 4.78 is 0.806. The quantitative estimate of drug-likeness (QED) is 0.760. The summed E-state index contributed by atoms with van der Waals surface area (Å²) in [5.74, 6) is 0.979. The summed E-state index contributed by atoms with van der Waals surface area (Å²) >= 11 is 2.93. The number of thioether (sulfide) groups is 1. The number of aromatic nitrogens is 2. The Hall–Kier alpha value is -1.35. The Morgan fingerprint density at radius 1 is 1.25 bits per heavy atom. The average Bonchev–Trinajstić information content (AvgIpc) is 3.30. The van der Waals surface area contributed by atoms with Crippen LogP contribution in [0.25, 0.3) is 0 Å². The molecule has 132 valence electrons. The minimum absolute atomic E-state index is 0.0129. The lowest BCUT2D eigenvalue weighted by Crippen LogP contribution is -2.49. The Labute approximate surface area is 150 Å². The van der Waals surface area contributed by atoms with E-state index < -0.39 is 0 Å². The van der Waals surface area contributed by atoms with Gasteiger partial charge in [0.2, 0.25) is 16.9 Å². The van der Waals surface area contributed by atoms with E-state index >= 15 is 0 Å². The number of rotatable bonds is 6. The van der Waals surface area contributed by atoms with Gasteiger partial charge in [-0.05, 0) is 26.7 Å². The van der Waals surface area contributed by atoms with E-state index in [0.29, 0.717) is 11.7 Å². The van der Waals surface area contributed by atoms with Crippen molar-refractivity contribution in [2.45, 2.75) is 37.1 Å². The molecule has 2 fully saturated rings. The molecule has 2 heterocycles. The molecule has 0 radical (unpaired) electrons. The van der Waals surface area contributed by atoms with Gasteiger partial charge < -0.3 is 15.1 Å². The summed E-state index contributed by atoms with van der Waals surface area (Å²) in [5, 5.41) is 12.1. The van der Waals surface area contributed by atoms with Crippen molar-refractivity contribution in [1.82, 2.24) is 20.4 Å². The summed E-state index contributed by atoms with van der Waals surface area (Å²) in [6.07, 6.45) is 2.11. The molecule has 3 rings (SSSR count). The number of amides is 2. The molecule has 0 bridgehead atoms. The van der Waals surface area contributed by atoms with Gasteiger partial charge in [0, 0.05) is 38.1 Å². The lowest BCUT2D eigenvalue weighted by molar-refractivity contribution is -0.132. The predicted octanol–water partition coefficient (Wildman–Crippen LogP) is 1.21. The molecular formula is C15H23N5O2S2. The molecule has 1 aromatic heterocycles. The first-order chi connectivity index (χ1) is 11.5. The molecule has 7 nitrogen and oxygen atoms in total. The number of hydrogen-bond donors (Lipinski definition) is 1. The third-order valence-corrected chi connectivity index (χ3v) is 6.08. The van der Waals surface area contributed by atoms with Crippen LogP contribution in [0.15, 0.2) is 4.34 Å². The maximum atomic E-state index is 12.1. The Bertz CT molecular complexity index is 594. The third kappa shape index (κ3) is 4.60. The largest absolute Gasteiger partial charge is 0.353 e. The van der Waals surface area contributed by atoms with Gasteiger partial charge in [0.15, 0.2) is 4.34 Å². The third-order valence-electron chi connectivity index (χ3n) is 3.96. The molecule has 1 saturated heterocycles. The monoisotopic (exact) mass is 369 g/mol. The van der Waals surface area contributed by atoms with Crippen LogP contribution in [0, 0.1) is 5.92 Å². The van der Waals surface area contributed by atoms with E-state index in [1.54, 1.807) is 0 Å². The molecule has 1 aromatic rings. The molecule has 0 aromatic carbocycles. The van der Waals surface area contributed by atoms with Crippen LogP contribution < -0.4 is 10.2 Å². The van der Waals surface area contributed by atoms with Gasteiger partial charge in [-0.25, -0.2) is 0 Å². The molecule has 24 heavy (non-hydrogen) atoms. The summed E-state index contributed by atoms with van der Waals surface area (Å²) in [6.45, 7) is 7.00. The lowest BCUT2D eigenvalue weighted by Gasteiger charge is -2.34. The van der Waals surface area contributed by atoms with Crippen molar-refractivity contribution in [3.8, 4) is 0 Å². The first-order valence-electron chi connectivity index (χ1n) is 8.32. The maximum Gasteiger partial charge on any atom is 0.230 e. The smallest absolute Gasteiger partial charge is 0.230 e. The first kappa shape index (κ1) is 17.5. The Kier molecular flexibility index (Phi) is 5.60. The van der Waals surface area contributed by atoms with Crippen LogP contribution in [-0.2, 0) is 9.59 Å². The van der Waals surface area contributed by atoms with Gasteiger partial charge in [-0.2, -0.15) is 0 Å². The molecule has 2 amide bonds. The Morgan fingerprint density at radius 3 is 2.58 bits per heavy atom. The van der Waals surface area contributed by atoms with Crippen molar-refractivity contribution in [3.63, 3.8) is 0 Å². The van der Waals surface area contributed by atoms with E-state index in [4.69, 9.17) is 0 Å². The van der Waals surface area contributed by atoms with E-state index in [0.717, 1.165) is 48.5 Å². The highest BCUT2D eigenvalue weighted by Crippen LogP contribution is 2.32. The van der Waals surface area contributed by atoms with Crippen LogP contribution in [0.1, 0.15) is 26.7 Å². The molecule has 2 aliphatic rings. The molecule has 1 saturated carbocycles. The Morgan fingerprint density at radius 2 is 1.96 bits per heavy atom. The van der Waals surface area contributed by atoms with Crippen LogP contribution in [0.5, 0.6) is 0 Å². The second kappa shape index (κ2) is 7.69. The summed E-state index contributed by atoms with van der Waals surface area (Å²) in [6, 6.07) is 0.151. The lowest BCUT2D eigenvalue weighted by atomic mass is 10.3. The zero-order valence-electron chi connectivity index (χ0n) is 14.0. The standard InChI is InChI=1S/C15H23N5O2S2/c1-10(2)16-12(21)9-23-15-18-17-14(24-15)20-7-5-19(6-8-20)13(22)11-3-4-11/h10-11H,3-9H2,1-2H3,(H,16,21). The fourth-order valence-corrected chi connectivity index (χ4v) is 4.29. The van der Waals surface area contributed by atoms with Crippen LogP contribution >= 0.6 is 23.1 Å². The zero-order chi connectivity index (χ0) is 17.1. The molecule has 1 aliphatic heterocycles. The van der Waals surface area contributed by atoms with Gasteiger partial charge in [-0.15, -0.1) is 10.2 Å². The highest BCUT2D eigenvalue weighted by Gasteiger charge is 2.34. The topological polar surface area (TPSA) is 78.4 Å².